The average molecular weight is 650 g/mol. The number of aryl methyl sites for hydroxylation is 2. The highest BCUT2D eigenvalue weighted by Gasteiger charge is 2.42. The van der Waals surface area contributed by atoms with Crippen LogP contribution in [0.2, 0.25) is 0 Å². The van der Waals surface area contributed by atoms with Gasteiger partial charge < -0.3 is 19.5 Å². The van der Waals surface area contributed by atoms with E-state index in [0.29, 0.717) is 61.4 Å². The van der Waals surface area contributed by atoms with Crippen molar-refractivity contribution in [2.45, 2.75) is 44.2 Å². The van der Waals surface area contributed by atoms with Crippen molar-refractivity contribution in [3.8, 4) is 10.4 Å². The number of carbonyl (C=O) groups excluding carboxylic acids is 2. The van der Waals surface area contributed by atoms with Crippen molar-refractivity contribution >= 4 is 34.2 Å². The van der Waals surface area contributed by atoms with Crippen molar-refractivity contribution < 1.29 is 14.7 Å². The fourth-order valence-corrected chi connectivity index (χ4v) is 8.28. The van der Waals surface area contributed by atoms with Gasteiger partial charge in [0.2, 0.25) is 5.91 Å². The summed E-state index contributed by atoms with van der Waals surface area (Å²) in [6.07, 6.45) is 4.61. The third-order valence-corrected chi connectivity index (χ3v) is 11.1. The first kappa shape index (κ1) is 31.1. The maximum Gasteiger partial charge on any atom is 0.263 e. The Labute approximate surface area is 277 Å². The van der Waals surface area contributed by atoms with Gasteiger partial charge in [0.15, 0.2) is 0 Å². The van der Waals surface area contributed by atoms with E-state index < -0.39 is 5.60 Å². The molecule has 3 aromatic heterocycles. The summed E-state index contributed by atoms with van der Waals surface area (Å²) in [7, 11) is 1.84. The summed E-state index contributed by atoms with van der Waals surface area (Å²) in [5, 5.41) is 12.0. The van der Waals surface area contributed by atoms with Crippen molar-refractivity contribution in [3.63, 3.8) is 0 Å². The number of rotatable bonds is 6. The highest BCUT2D eigenvalue weighted by molar-refractivity contribution is 7.17. The summed E-state index contributed by atoms with van der Waals surface area (Å²) < 4.78 is 3.28. The maximum absolute atomic E-state index is 14.1. The SMILES string of the molecule is Cc1ccccc1-c1ccc(C(=O)N2CC[C@@H](C(=O)N3CCC(O)(Cn4cnc5c(ccn5C)c4=O)CC3)[C@H](c3ccccc3)C2)s1. The fourth-order valence-electron chi connectivity index (χ4n) is 7.22. The number of amides is 2. The lowest BCUT2D eigenvalue weighted by atomic mass is 9.79. The first-order valence-electron chi connectivity index (χ1n) is 16.2. The summed E-state index contributed by atoms with van der Waals surface area (Å²) >= 11 is 1.52. The number of aliphatic hydroxyl groups is 1. The predicted octanol–water partition coefficient (Wildman–Crippen LogP) is 5.07. The Bertz CT molecular complexity index is 1990. The van der Waals surface area contributed by atoms with Crippen molar-refractivity contribution in [1.29, 1.82) is 0 Å². The van der Waals surface area contributed by atoms with Crippen molar-refractivity contribution in [1.82, 2.24) is 23.9 Å². The standard InChI is InChI=1S/C37H39N5O4S/c1-25-8-6-7-11-27(25)31-12-13-32(47-31)36(45)41-19-15-28(30(22-41)26-9-4-3-5-10-26)34(43)40-20-16-37(46,17-21-40)23-42-24-38-33-29(35(42)44)14-18-39(33)2/h3-14,18,24,28,30,46H,15-17,19-23H2,1-2H3/t28-,30+/m1/s1. The number of hydrogen-bond acceptors (Lipinski definition) is 6. The van der Waals surface area contributed by atoms with Crippen LogP contribution < -0.4 is 5.56 Å². The lowest BCUT2D eigenvalue weighted by Gasteiger charge is -2.43. The van der Waals surface area contributed by atoms with Crippen LogP contribution in [0.4, 0.5) is 0 Å². The molecule has 9 nitrogen and oxygen atoms in total. The number of aromatic nitrogens is 3. The molecule has 2 aromatic carbocycles. The molecule has 2 saturated heterocycles. The molecule has 0 unspecified atom stereocenters. The van der Waals surface area contributed by atoms with Crippen LogP contribution in [0.15, 0.2) is 90.1 Å². The lowest BCUT2D eigenvalue weighted by molar-refractivity contribution is -0.142. The van der Waals surface area contributed by atoms with Crippen LogP contribution in [0.25, 0.3) is 21.5 Å². The quantitative estimate of drug-likeness (QED) is 0.277. The van der Waals surface area contributed by atoms with Gasteiger partial charge in [0, 0.05) is 56.1 Å². The fraction of sp³-hybridized carbons (Fsp3) is 0.351. The second kappa shape index (κ2) is 12.6. The normalized spacial score (nSPS) is 19.6. The number of thiophene rings is 1. The topological polar surface area (TPSA) is 101 Å². The molecule has 1 N–H and O–H groups in total. The zero-order valence-electron chi connectivity index (χ0n) is 26.7. The Hall–Kier alpha value is -4.54. The minimum absolute atomic E-state index is 0.00289. The van der Waals surface area contributed by atoms with Gasteiger partial charge >= 0.3 is 0 Å². The molecule has 0 aliphatic carbocycles. The van der Waals surface area contributed by atoms with Crippen LogP contribution in [-0.4, -0.2) is 72.6 Å². The Morgan fingerprint density at radius 3 is 2.47 bits per heavy atom. The molecule has 5 heterocycles. The molecule has 0 radical (unpaired) electrons. The van der Waals surface area contributed by atoms with Gasteiger partial charge in [0.25, 0.3) is 11.5 Å². The molecule has 2 aliphatic rings. The third-order valence-electron chi connectivity index (χ3n) is 9.99. The molecule has 0 bridgehead atoms. The van der Waals surface area contributed by atoms with Crippen LogP contribution in [0, 0.1) is 12.8 Å². The number of piperidine rings is 2. The number of hydrogen-bond donors (Lipinski definition) is 1. The van der Waals surface area contributed by atoms with Crippen LogP contribution in [0.5, 0.6) is 0 Å². The lowest BCUT2D eigenvalue weighted by Crippen LogP contribution is -2.53. The van der Waals surface area contributed by atoms with Gasteiger partial charge in [-0.25, -0.2) is 4.98 Å². The number of carbonyl (C=O) groups is 2. The number of likely N-dealkylation sites (tertiary alicyclic amines) is 2. The van der Waals surface area contributed by atoms with E-state index in [4.69, 9.17) is 0 Å². The summed E-state index contributed by atoms with van der Waals surface area (Å²) in [4.78, 5) is 50.9. The van der Waals surface area contributed by atoms with E-state index in [-0.39, 0.29) is 35.8 Å². The molecule has 47 heavy (non-hydrogen) atoms. The minimum Gasteiger partial charge on any atom is -0.388 e. The van der Waals surface area contributed by atoms with Gasteiger partial charge in [-0.2, -0.15) is 0 Å². The molecule has 0 spiro atoms. The molecule has 2 fully saturated rings. The first-order valence-corrected chi connectivity index (χ1v) is 17.0. The molecule has 5 aromatic rings. The summed E-state index contributed by atoms with van der Waals surface area (Å²) in [6, 6.07) is 23.9. The zero-order chi connectivity index (χ0) is 32.7. The van der Waals surface area contributed by atoms with E-state index in [1.807, 2.05) is 71.4 Å². The molecular weight excluding hydrogens is 611 g/mol. The van der Waals surface area contributed by atoms with Crippen molar-refractivity contribution in [3.05, 3.63) is 112 Å². The van der Waals surface area contributed by atoms with Crippen LogP contribution in [-0.2, 0) is 18.4 Å². The average Bonchev–Trinajstić information content (AvgIpc) is 3.73. The van der Waals surface area contributed by atoms with E-state index >= 15 is 0 Å². The second-order valence-corrected chi connectivity index (χ2v) is 14.1. The number of fused-ring (bicyclic) bond motifs is 1. The van der Waals surface area contributed by atoms with Crippen LogP contribution in [0.3, 0.4) is 0 Å². The summed E-state index contributed by atoms with van der Waals surface area (Å²) in [6.45, 7) is 3.99. The largest absolute Gasteiger partial charge is 0.388 e. The zero-order valence-corrected chi connectivity index (χ0v) is 27.5. The van der Waals surface area contributed by atoms with E-state index in [2.05, 4.69) is 24.0 Å². The molecule has 10 heteroatoms. The Kier molecular flexibility index (Phi) is 8.32. The molecule has 0 saturated carbocycles. The number of benzene rings is 2. The molecular formula is C37H39N5O4S. The maximum atomic E-state index is 14.1. The first-order chi connectivity index (χ1) is 22.7. The smallest absolute Gasteiger partial charge is 0.263 e. The van der Waals surface area contributed by atoms with Crippen molar-refractivity contribution in [2.75, 3.05) is 26.2 Å². The van der Waals surface area contributed by atoms with Gasteiger partial charge in [-0.1, -0.05) is 54.6 Å². The Morgan fingerprint density at radius 2 is 1.70 bits per heavy atom. The van der Waals surface area contributed by atoms with Gasteiger partial charge in [-0.15, -0.1) is 11.3 Å². The Morgan fingerprint density at radius 1 is 0.957 bits per heavy atom. The highest BCUT2D eigenvalue weighted by atomic mass is 32.1. The van der Waals surface area contributed by atoms with Gasteiger partial charge in [0.1, 0.15) is 12.0 Å². The van der Waals surface area contributed by atoms with E-state index in [1.165, 1.54) is 27.8 Å². The molecule has 2 aliphatic heterocycles. The van der Waals surface area contributed by atoms with Crippen LogP contribution in [0.1, 0.15) is 46.0 Å². The molecule has 242 valence electrons. The van der Waals surface area contributed by atoms with E-state index in [9.17, 15) is 19.5 Å². The highest BCUT2D eigenvalue weighted by Crippen LogP contribution is 2.37. The van der Waals surface area contributed by atoms with Gasteiger partial charge in [-0.3, -0.25) is 19.0 Å². The molecule has 7 rings (SSSR count). The Balaban J connectivity index is 1.04. The van der Waals surface area contributed by atoms with Crippen molar-refractivity contribution in [2.24, 2.45) is 13.0 Å². The summed E-state index contributed by atoms with van der Waals surface area (Å²) in [5.74, 6) is -0.343. The summed E-state index contributed by atoms with van der Waals surface area (Å²) in [5.41, 5.74) is 2.68. The number of nitrogens with zero attached hydrogens (tertiary/aromatic N) is 5. The van der Waals surface area contributed by atoms with Gasteiger partial charge in [-0.05, 0) is 61.1 Å². The van der Waals surface area contributed by atoms with E-state index in [0.717, 1.165) is 16.0 Å². The van der Waals surface area contributed by atoms with E-state index in [1.54, 1.807) is 16.8 Å². The predicted molar refractivity (Wildman–Crippen MR) is 183 cm³/mol. The van der Waals surface area contributed by atoms with Gasteiger partial charge in [0.05, 0.1) is 22.4 Å². The minimum atomic E-state index is -1.11. The molecule has 2 amide bonds. The van der Waals surface area contributed by atoms with Crippen LogP contribution >= 0.6 is 11.3 Å². The third kappa shape index (κ3) is 6.03. The molecule has 2 atom stereocenters. The second-order valence-electron chi connectivity index (χ2n) is 13.0. The monoisotopic (exact) mass is 649 g/mol.